The van der Waals surface area contributed by atoms with Gasteiger partial charge in [0, 0.05) is 43.5 Å². The van der Waals surface area contributed by atoms with Crippen LogP contribution in [0.4, 0.5) is 0 Å². The van der Waals surface area contributed by atoms with E-state index in [1.807, 2.05) is 0 Å². The molecule has 0 bridgehead atoms. The van der Waals surface area contributed by atoms with E-state index in [2.05, 4.69) is 64.6 Å². The Balaban J connectivity index is 1.49. The Labute approximate surface area is 126 Å². The summed E-state index contributed by atoms with van der Waals surface area (Å²) in [5, 5.41) is 11.0. The highest BCUT2D eigenvalue weighted by Crippen LogP contribution is 2.15. The first-order chi connectivity index (χ1) is 10.2. The van der Waals surface area contributed by atoms with Crippen molar-refractivity contribution in [3.63, 3.8) is 0 Å². The fourth-order valence-electron chi connectivity index (χ4n) is 3.07. The van der Waals surface area contributed by atoms with Crippen LogP contribution in [0.15, 0.2) is 30.3 Å². The van der Waals surface area contributed by atoms with Crippen LogP contribution in [0.25, 0.3) is 0 Å². The molecule has 1 fully saturated rings. The molecule has 1 aliphatic rings. The summed E-state index contributed by atoms with van der Waals surface area (Å²) < 4.78 is 0. The van der Waals surface area contributed by atoms with Gasteiger partial charge >= 0.3 is 0 Å². The molecular weight excluding hydrogens is 260 g/mol. The van der Waals surface area contributed by atoms with Gasteiger partial charge in [0.15, 0.2) is 0 Å². The Bertz CT molecular complexity index is 556. The maximum absolute atomic E-state index is 4.26. The van der Waals surface area contributed by atoms with E-state index in [-0.39, 0.29) is 0 Å². The lowest BCUT2D eigenvalue weighted by atomic mass is 10.2. The maximum Gasteiger partial charge on any atom is 0.0638 e. The molecular formula is C17H24N4. The van der Waals surface area contributed by atoms with Crippen molar-refractivity contribution in [2.75, 3.05) is 13.1 Å². The molecule has 1 saturated heterocycles. The summed E-state index contributed by atoms with van der Waals surface area (Å²) in [6.45, 7) is 8.44. The fraction of sp³-hybridized carbons (Fsp3) is 0.471. The van der Waals surface area contributed by atoms with Crippen LogP contribution in [-0.4, -0.2) is 34.2 Å². The molecule has 21 heavy (non-hydrogen) atoms. The van der Waals surface area contributed by atoms with Crippen molar-refractivity contribution < 1.29 is 0 Å². The van der Waals surface area contributed by atoms with Crippen molar-refractivity contribution in [1.29, 1.82) is 0 Å². The average Bonchev–Trinajstić information content (AvgIpc) is 3.06. The molecule has 0 amide bonds. The van der Waals surface area contributed by atoms with Gasteiger partial charge in [-0.2, -0.15) is 5.10 Å². The molecule has 2 heterocycles. The summed E-state index contributed by atoms with van der Waals surface area (Å²) in [4.78, 5) is 2.53. The molecule has 3 rings (SSSR count). The number of aromatic nitrogens is 2. The van der Waals surface area contributed by atoms with E-state index in [4.69, 9.17) is 0 Å². The molecule has 0 saturated carbocycles. The Hall–Kier alpha value is -1.65. The summed E-state index contributed by atoms with van der Waals surface area (Å²) in [5.74, 6) is 0. The minimum absolute atomic E-state index is 0.586. The van der Waals surface area contributed by atoms with Crippen LogP contribution in [0.1, 0.15) is 28.9 Å². The van der Waals surface area contributed by atoms with E-state index >= 15 is 0 Å². The number of rotatable bonds is 5. The summed E-state index contributed by atoms with van der Waals surface area (Å²) in [5.41, 5.74) is 5.01. The minimum atomic E-state index is 0.586. The first kappa shape index (κ1) is 14.3. The second kappa shape index (κ2) is 6.41. The van der Waals surface area contributed by atoms with Gasteiger partial charge in [0.1, 0.15) is 0 Å². The lowest BCUT2D eigenvalue weighted by molar-refractivity contribution is 0.320. The Morgan fingerprint density at radius 1 is 1.29 bits per heavy atom. The number of aromatic amines is 1. The molecule has 2 aromatic rings. The van der Waals surface area contributed by atoms with Crippen LogP contribution in [-0.2, 0) is 13.1 Å². The third-order valence-electron chi connectivity index (χ3n) is 4.37. The van der Waals surface area contributed by atoms with Gasteiger partial charge in [0.05, 0.1) is 5.69 Å². The van der Waals surface area contributed by atoms with Crippen molar-refractivity contribution in [3.8, 4) is 0 Å². The third kappa shape index (κ3) is 3.52. The van der Waals surface area contributed by atoms with Crippen LogP contribution >= 0.6 is 0 Å². The second-order valence-electron chi connectivity index (χ2n) is 6.00. The lowest BCUT2D eigenvalue weighted by Crippen LogP contribution is -2.32. The largest absolute Gasteiger partial charge is 0.308 e. The van der Waals surface area contributed by atoms with Gasteiger partial charge in [0.25, 0.3) is 0 Å². The molecule has 2 N–H and O–H groups in total. The van der Waals surface area contributed by atoms with E-state index in [1.165, 1.54) is 29.8 Å². The predicted octanol–water partition coefficient (Wildman–Crippen LogP) is 2.39. The molecule has 4 nitrogen and oxygen atoms in total. The zero-order chi connectivity index (χ0) is 14.7. The van der Waals surface area contributed by atoms with E-state index < -0.39 is 0 Å². The van der Waals surface area contributed by atoms with Gasteiger partial charge in [-0.25, -0.2) is 0 Å². The van der Waals surface area contributed by atoms with Gasteiger partial charge in [0.2, 0.25) is 0 Å². The molecule has 0 radical (unpaired) electrons. The van der Waals surface area contributed by atoms with Gasteiger partial charge in [-0.1, -0.05) is 30.3 Å². The highest BCUT2D eigenvalue weighted by molar-refractivity contribution is 5.23. The topological polar surface area (TPSA) is 44.0 Å². The Morgan fingerprint density at radius 2 is 2.10 bits per heavy atom. The summed E-state index contributed by atoms with van der Waals surface area (Å²) in [7, 11) is 0. The normalized spacial score (nSPS) is 19.2. The van der Waals surface area contributed by atoms with Crippen molar-refractivity contribution >= 4 is 0 Å². The number of aryl methyl sites for hydroxylation is 2. The molecule has 4 heteroatoms. The summed E-state index contributed by atoms with van der Waals surface area (Å²) in [6, 6.07) is 11.3. The van der Waals surface area contributed by atoms with Crippen molar-refractivity contribution in [3.05, 3.63) is 52.8 Å². The minimum Gasteiger partial charge on any atom is -0.308 e. The second-order valence-corrected chi connectivity index (χ2v) is 6.00. The van der Waals surface area contributed by atoms with Crippen molar-refractivity contribution in [1.82, 2.24) is 20.4 Å². The molecule has 0 unspecified atom stereocenters. The van der Waals surface area contributed by atoms with E-state index in [1.54, 1.807) is 0 Å². The van der Waals surface area contributed by atoms with E-state index in [0.717, 1.165) is 25.3 Å². The number of hydrogen-bond donors (Lipinski definition) is 2. The molecule has 0 spiro atoms. The molecule has 1 aromatic carbocycles. The number of H-pyrrole nitrogens is 1. The first-order valence-electron chi connectivity index (χ1n) is 7.72. The summed E-state index contributed by atoms with van der Waals surface area (Å²) in [6.07, 6.45) is 1.22. The van der Waals surface area contributed by atoms with Crippen LogP contribution in [0, 0.1) is 13.8 Å². The van der Waals surface area contributed by atoms with Crippen molar-refractivity contribution in [2.24, 2.45) is 0 Å². The van der Waals surface area contributed by atoms with Gasteiger partial charge in [-0.05, 0) is 25.8 Å². The van der Waals surface area contributed by atoms with Crippen LogP contribution in [0.5, 0.6) is 0 Å². The molecule has 1 aliphatic heterocycles. The average molecular weight is 284 g/mol. The molecule has 112 valence electrons. The third-order valence-corrected chi connectivity index (χ3v) is 4.37. The predicted molar refractivity (Wildman–Crippen MR) is 85.0 cm³/mol. The van der Waals surface area contributed by atoms with Crippen LogP contribution < -0.4 is 5.32 Å². The molecule has 1 atom stereocenters. The van der Waals surface area contributed by atoms with Crippen molar-refractivity contribution in [2.45, 2.75) is 39.4 Å². The molecule has 1 aromatic heterocycles. The quantitative estimate of drug-likeness (QED) is 0.886. The first-order valence-corrected chi connectivity index (χ1v) is 7.72. The van der Waals surface area contributed by atoms with Crippen LogP contribution in [0.3, 0.4) is 0 Å². The SMILES string of the molecule is Cc1n[nH]c(C)c1CN[C@H]1CCN(Cc2ccccc2)C1. The highest BCUT2D eigenvalue weighted by atomic mass is 15.2. The Kier molecular flexibility index (Phi) is 4.36. The maximum atomic E-state index is 4.26. The summed E-state index contributed by atoms with van der Waals surface area (Å²) >= 11 is 0. The highest BCUT2D eigenvalue weighted by Gasteiger charge is 2.22. The van der Waals surface area contributed by atoms with Gasteiger partial charge in [-0.3, -0.25) is 10.00 Å². The Morgan fingerprint density at radius 3 is 2.81 bits per heavy atom. The number of nitrogens with zero attached hydrogens (tertiary/aromatic N) is 2. The zero-order valence-corrected chi connectivity index (χ0v) is 12.9. The molecule has 0 aliphatic carbocycles. The fourth-order valence-corrected chi connectivity index (χ4v) is 3.07. The van der Waals surface area contributed by atoms with Gasteiger partial charge in [-0.15, -0.1) is 0 Å². The number of benzene rings is 1. The van der Waals surface area contributed by atoms with Gasteiger partial charge < -0.3 is 5.32 Å². The van der Waals surface area contributed by atoms with E-state index in [9.17, 15) is 0 Å². The van der Waals surface area contributed by atoms with E-state index in [0.29, 0.717) is 6.04 Å². The number of likely N-dealkylation sites (tertiary alicyclic amines) is 1. The number of nitrogens with one attached hydrogen (secondary N) is 2. The van der Waals surface area contributed by atoms with Crippen LogP contribution in [0.2, 0.25) is 0 Å². The monoisotopic (exact) mass is 284 g/mol. The number of hydrogen-bond acceptors (Lipinski definition) is 3. The zero-order valence-electron chi connectivity index (χ0n) is 12.9. The lowest BCUT2D eigenvalue weighted by Gasteiger charge is -2.17. The smallest absolute Gasteiger partial charge is 0.0638 e. The standard InChI is InChI=1S/C17H24N4/c1-13-17(14(2)20-19-13)10-18-16-8-9-21(12-16)11-15-6-4-3-5-7-15/h3-7,16,18H,8-12H2,1-2H3,(H,19,20)/t16-/m0/s1.